The minimum Gasteiger partial charge on any atom is -0.579 e. The lowest BCUT2D eigenvalue weighted by Crippen LogP contribution is -1.79. The van der Waals surface area contributed by atoms with Crippen molar-refractivity contribution in [1.29, 1.82) is 0 Å². The third kappa shape index (κ3) is 3.67. The van der Waals surface area contributed by atoms with Crippen molar-refractivity contribution < 1.29 is 4.65 Å². The van der Waals surface area contributed by atoms with Gasteiger partial charge in [0.05, 0.1) is 0 Å². The average molecular weight is 63.7 g/mol. The normalized spacial score (nSPS) is 6.40. The highest BCUT2D eigenvalue weighted by atomic mass is 16.4. The van der Waals surface area contributed by atoms with Gasteiger partial charge in [-0.25, -0.2) is 0 Å². The van der Waals surface area contributed by atoms with Gasteiger partial charge in [0, 0.05) is 5.66 Å². The summed E-state index contributed by atoms with van der Waals surface area (Å²) in [6, 6.07) is 0. The van der Waals surface area contributed by atoms with E-state index in [0.29, 0.717) is 0 Å². The summed E-state index contributed by atoms with van der Waals surface area (Å²) in [5.41, 5.74) is 0.0324. The number of hydrogen-bond acceptors (Lipinski definition) is 1. The lowest BCUT2D eigenvalue weighted by Gasteiger charge is -1.89. The van der Waals surface area contributed by atoms with Crippen molar-refractivity contribution in [3.8, 4) is 0 Å². The van der Waals surface area contributed by atoms with E-state index in [4.69, 9.17) is 7.85 Å². The van der Waals surface area contributed by atoms with Crippen molar-refractivity contribution in [2.24, 2.45) is 0 Å². The molecule has 0 aromatic carbocycles. The first-order chi connectivity index (χ1) is 2.27. The molecular formula is C2H2B2O. The molecule has 0 N–H and O–H groups in total. The van der Waals surface area contributed by atoms with Crippen LogP contribution in [0, 0.1) is 0 Å². The topological polar surface area (TPSA) is 9.23 Å². The van der Waals surface area contributed by atoms with E-state index >= 15 is 0 Å². The van der Waals surface area contributed by atoms with E-state index in [1.807, 2.05) is 0 Å². The van der Waals surface area contributed by atoms with Crippen LogP contribution in [0.4, 0.5) is 0 Å². The predicted octanol–water partition coefficient (Wildman–Crippen LogP) is -0.274. The maximum atomic E-state index is 4.75. The van der Waals surface area contributed by atoms with Crippen molar-refractivity contribution >= 4 is 15.9 Å². The molecule has 0 heterocycles. The molecule has 4 radical (unpaired) electrons. The Bertz CT molecular complexity index is 42.9. The lowest BCUT2D eigenvalue weighted by atomic mass is 10.1. The van der Waals surface area contributed by atoms with Crippen LogP contribution in [-0.2, 0) is 4.65 Å². The van der Waals surface area contributed by atoms with Gasteiger partial charge in [-0.05, 0) is 0 Å². The molecule has 3 heteroatoms. The van der Waals surface area contributed by atoms with E-state index in [-0.39, 0.29) is 5.66 Å². The van der Waals surface area contributed by atoms with Crippen LogP contribution in [-0.4, -0.2) is 15.9 Å². The van der Waals surface area contributed by atoms with Gasteiger partial charge >= 0.3 is 8.05 Å². The summed E-state index contributed by atoms with van der Waals surface area (Å²) in [4.78, 5) is 0. The summed E-state index contributed by atoms with van der Waals surface area (Å²) in [5, 5.41) is 0. The third-order valence-corrected chi connectivity index (χ3v) is 0.151. The Morgan fingerprint density at radius 1 is 1.80 bits per heavy atom. The Balaban J connectivity index is 2.85. The predicted molar refractivity (Wildman–Crippen MR) is 21.7 cm³/mol. The molecule has 5 heavy (non-hydrogen) atoms. The largest absolute Gasteiger partial charge is 0.579 e. The zero-order chi connectivity index (χ0) is 4.28. The molecular weight excluding hydrogens is 61.6 g/mol. The molecule has 0 saturated heterocycles. The van der Waals surface area contributed by atoms with Crippen LogP contribution >= 0.6 is 0 Å². The van der Waals surface area contributed by atoms with Crippen LogP contribution in [0.25, 0.3) is 0 Å². The zero-order valence-corrected chi connectivity index (χ0v) is 2.77. The average Bonchev–Trinajstić information content (AvgIpc) is 1.38. The molecule has 0 aliphatic carbocycles. The first kappa shape index (κ1) is 4.67. The molecule has 0 saturated carbocycles. The van der Waals surface area contributed by atoms with E-state index < -0.39 is 0 Å². The minimum absolute atomic E-state index is 0.0324. The molecule has 0 unspecified atom stereocenters. The maximum absolute atomic E-state index is 4.75. The first-order valence-electron chi connectivity index (χ1n) is 1.08. The Hall–Kier alpha value is -0.330. The van der Waals surface area contributed by atoms with Gasteiger partial charge in [0.2, 0.25) is 0 Å². The summed E-state index contributed by atoms with van der Waals surface area (Å²) >= 11 is 0. The molecule has 0 amide bonds. The van der Waals surface area contributed by atoms with Crippen molar-refractivity contribution in [2.75, 3.05) is 0 Å². The highest BCUT2D eigenvalue weighted by molar-refractivity contribution is 6.21. The van der Waals surface area contributed by atoms with Crippen molar-refractivity contribution in [3.05, 3.63) is 12.2 Å². The van der Waals surface area contributed by atoms with Gasteiger partial charge in [-0.3, -0.25) is 0 Å². The van der Waals surface area contributed by atoms with Gasteiger partial charge in [-0.2, -0.15) is 0 Å². The first-order valence-corrected chi connectivity index (χ1v) is 1.08. The van der Waals surface area contributed by atoms with E-state index in [1.165, 1.54) is 0 Å². The van der Waals surface area contributed by atoms with E-state index in [1.54, 1.807) is 0 Å². The Morgan fingerprint density at radius 3 is 2.00 bits per heavy atom. The Morgan fingerprint density at radius 2 is 2.00 bits per heavy atom. The molecule has 0 spiro atoms. The Labute approximate surface area is 33.9 Å². The molecule has 0 atom stereocenters. The van der Waals surface area contributed by atoms with Gasteiger partial charge < -0.3 is 4.65 Å². The molecule has 0 aliphatic heterocycles. The summed E-state index contributed by atoms with van der Waals surface area (Å²) < 4.78 is 3.83. The standard InChI is InChI=1S/C2H2B2O/c1-2(3)5-4/h1H2. The van der Waals surface area contributed by atoms with Gasteiger partial charge in [-0.1, -0.05) is 6.58 Å². The number of rotatable bonds is 1. The van der Waals surface area contributed by atoms with Gasteiger partial charge in [0.25, 0.3) is 0 Å². The summed E-state index contributed by atoms with van der Waals surface area (Å²) in [5.74, 6) is 0. The van der Waals surface area contributed by atoms with Crippen LogP contribution in [0.15, 0.2) is 12.2 Å². The molecule has 1 nitrogen and oxygen atoms in total. The fraction of sp³-hybridized carbons (Fsp3) is 0. The van der Waals surface area contributed by atoms with Crippen LogP contribution in [0.5, 0.6) is 0 Å². The highest BCUT2D eigenvalue weighted by Gasteiger charge is 1.66. The van der Waals surface area contributed by atoms with Gasteiger partial charge in [-0.15, -0.1) is 0 Å². The van der Waals surface area contributed by atoms with E-state index in [0.717, 1.165) is 0 Å². The number of hydrogen-bond donors (Lipinski definition) is 0. The fourth-order valence-electron chi connectivity index (χ4n) is 0. The maximum Gasteiger partial charge on any atom is 0.372 e. The molecule has 0 rings (SSSR count). The fourth-order valence-corrected chi connectivity index (χ4v) is 0. The van der Waals surface area contributed by atoms with Crippen LogP contribution in [0.3, 0.4) is 0 Å². The van der Waals surface area contributed by atoms with Crippen LogP contribution < -0.4 is 0 Å². The molecule has 0 bridgehead atoms. The molecule has 0 aromatic heterocycles. The smallest absolute Gasteiger partial charge is 0.372 e. The molecule has 0 aromatic rings. The van der Waals surface area contributed by atoms with Gasteiger partial charge in [0.15, 0.2) is 7.85 Å². The van der Waals surface area contributed by atoms with Crippen molar-refractivity contribution in [2.45, 2.75) is 0 Å². The summed E-state index contributed by atoms with van der Waals surface area (Å²) in [7, 11) is 9.20. The van der Waals surface area contributed by atoms with Crippen LogP contribution in [0.2, 0.25) is 0 Å². The SMILES string of the molecule is [B]OC([B])=C. The molecule has 22 valence electrons. The summed E-state index contributed by atoms with van der Waals surface area (Å²) in [6.07, 6.45) is 0. The lowest BCUT2D eigenvalue weighted by molar-refractivity contribution is 0.516. The van der Waals surface area contributed by atoms with E-state index in [2.05, 4.69) is 19.3 Å². The molecule has 0 fully saturated rings. The van der Waals surface area contributed by atoms with Crippen molar-refractivity contribution in [1.82, 2.24) is 0 Å². The quantitative estimate of drug-likeness (QED) is 0.301. The van der Waals surface area contributed by atoms with Crippen molar-refractivity contribution in [3.63, 3.8) is 0 Å². The third-order valence-electron chi connectivity index (χ3n) is 0.151. The second-order valence-corrected chi connectivity index (χ2v) is 0.584. The second-order valence-electron chi connectivity index (χ2n) is 0.584. The minimum atomic E-state index is 0.0324. The highest BCUT2D eigenvalue weighted by Crippen LogP contribution is 1.72. The monoisotopic (exact) mass is 64.0 g/mol. The second kappa shape index (κ2) is 1.94. The van der Waals surface area contributed by atoms with E-state index in [9.17, 15) is 0 Å². The summed E-state index contributed by atoms with van der Waals surface area (Å²) in [6.45, 7) is 3.10. The van der Waals surface area contributed by atoms with Crippen LogP contribution in [0.1, 0.15) is 0 Å². The zero-order valence-electron chi connectivity index (χ0n) is 2.77. The molecule has 0 aliphatic rings. The Kier molecular flexibility index (Phi) is 1.81. The van der Waals surface area contributed by atoms with Gasteiger partial charge in [0.1, 0.15) is 0 Å².